The fourth-order valence-corrected chi connectivity index (χ4v) is 3.23. The van der Waals surface area contributed by atoms with Crippen LogP contribution in [-0.2, 0) is 4.74 Å². The summed E-state index contributed by atoms with van der Waals surface area (Å²) in [4.78, 5) is 33.7. The summed E-state index contributed by atoms with van der Waals surface area (Å²) in [5.74, 6) is 0.0512. The fraction of sp³-hybridized carbons (Fsp3) is 0.120. The highest BCUT2D eigenvalue weighted by Gasteiger charge is 2.16. The van der Waals surface area contributed by atoms with Crippen LogP contribution in [0.1, 0.15) is 26.4 Å². The number of esters is 1. The van der Waals surface area contributed by atoms with E-state index in [1.165, 1.54) is 14.2 Å². The van der Waals surface area contributed by atoms with Gasteiger partial charge in [0.25, 0.3) is 5.91 Å². The van der Waals surface area contributed by atoms with Gasteiger partial charge >= 0.3 is 5.97 Å². The molecule has 0 unspecified atom stereocenters. The lowest BCUT2D eigenvalue weighted by atomic mass is 10.1. The van der Waals surface area contributed by atoms with Crippen molar-refractivity contribution in [1.29, 1.82) is 0 Å². The molecule has 0 saturated carbocycles. The highest BCUT2D eigenvalue weighted by molar-refractivity contribution is 6.05. The summed E-state index contributed by atoms with van der Waals surface area (Å²) >= 11 is 0. The molecule has 1 N–H and O–H groups in total. The molecule has 0 radical (unpaired) electrons. The van der Waals surface area contributed by atoms with Crippen LogP contribution in [0.3, 0.4) is 0 Å². The number of anilines is 1. The lowest BCUT2D eigenvalue weighted by Crippen LogP contribution is -2.22. The Morgan fingerprint density at radius 2 is 1.76 bits per heavy atom. The number of pyridine rings is 1. The van der Waals surface area contributed by atoms with Gasteiger partial charge in [-0.3, -0.25) is 4.79 Å². The third kappa shape index (κ3) is 4.74. The Morgan fingerprint density at radius 1 is 1.00 bits per heavy atom. The predicted octanol–water partition coefficient (Wildman–Crippen LogP) is 4.42. The molecule has 8 nitrogen and oxygen atoms in total. The number of carbonyl (C=O) groups is 2. The van der Waals surface area contributed by atoms with Gasteiger partial charge in [-0.1, -0.05) is 18.2 Å². The summed E-state index contributed by atoms with van der Waals surface area (Å²) in [6.45, 7) is 1.84. The number of carbonyl (C=O) groups excluding carboxylic acids is 2. The zero-order valence-corrected chi connectivity index (χ0v) is 18.3. The van der Waals surface area contributed by atoms with Crippen LogP contribution in [0.15, 0.2) is 76.1 Å². The maximum Gasteiger partial charge on any atom is 0.337 e. The molecular formula is C25H21N3O5. The number of nitrogens with one attached hydrogen (secondary N) is 1. The number of amides is 1. The SMILES string of the molecule is COC(=O)c1ccc(N=c2oc3c(OC)cccc3cc2C(=O)Nc2cccc(C)n2)cc1. The smallest absolute Gasteiger partial charge is 0.337 e. The van der Waals surface area contributed by atoms with E-state index in [-0.39, 0.29) is 11.1 Å². The number of benzene rings is 2. The van der Waals surface area contributed by atoms with Crippen LogP contribution in [-0.4, -0.2) is 31.1 Å². The summed E-state index contributed by atoms with van der Waals surface area (Å²) < 4.78 is 16.2. The van der Waals surface area contributed by atoms with E-state index in [2.05, 4.69) is 15.3 Å². The van der Waals surface area contributed by atoms with Crippen molar-refractivity contribution in [2.24, 2.45) is 4.99 Å². The molecule has 2 aromatic heterocycles. The number of hydrogen-bond acceptors (Lipinski definition) is 7. The Balaban J connectivity index is 1.84. The van der Waals surface area contributed by atoms with Crippen molar-refractivity contribution in [3.05, 3.63) is 89.1 Å². The van der Waals surface area contributed by atoms with Crippen LogP contribution < -0.4 is 15.6 Å². The minimum atomic E-state index is -0.451. The quantitative estimate of drug-likeness (QED) is 0.458. The van der Waals surface area contributed by atoms with Crippen molar-refractivity contribution in [3.8, 4) is 5.75 Å². The van der Waals surface area contributed by atoms with E-state index in [4.69, 9.17) is 13.9 Å². The molecule has 0 bridgehead atoms. The number of ether oxygens (including phenoxy) is 2. The Hall–Kier alpha value is -4.46. The van der Waals surface area contributed by atoms with E-state index in [1.807, 2.05) is 31.2 Å². The summed E-state index contributed by atoms with van der Waals surface area (Å²) in [7, 11) is 2.85. The van der Waals surface area contributed by atoms with Gasteiger partial charge in [-0.2, -0.15) is 0 Å². The monoisotopic (exact) mass is 443 g/mol. The molecule has 0 aliphatic carbocycles. The topological polar surface area (TPSA) is 103 Å². The highest BCUT2D eigenvalue weighted by Crippen LogP contribution is 2.25. The minimum absolute atomic E-state index is 0.0861. The Bertz CT molecular complexity index is 1410. The van der Waals surface area contributed by atoms with Gasteiger partial charge in [-0.15, -0.1) is 0 Å². The summed E-state index contributed by atoms with van der Waals surface area (Å²) in [5, 5.41) is 3.47. The minimum Gasteiger partial charge on any atom is -0.493 e. The van der Waals surface area contributed by atoms with Gasteiger partial charge in [0, 0.05) is 11.1 Å². The van der Waals surface area contributed by atoms with Crippen LogP contribution in [0.2, 0.25) is 0 Å². The number of methoxy groups -OCH3 is 2. The van der Waals surface area contributed by atoms with Crippen LogP contribution in [0.4, 0.5) is 11.5 Å². The standard InChI is InChI=1S/C25H21N3O5/c1-15-6-4-9-21(26-15)28-23(29)19-14-17-7-5-8-20(31-2)22(17)33-24(19)27-18-12-10-16(11-13-18)25(30)32-3/h4-14H,1-3H3,(H,26,28,29). The molecule has 2 heterocycles. The average molecular weight is 443 g/mol. The molecule has 0 saturated heterocycles. The number of nitrogens with zero attached hydrogens (tertiary/aromatic N) is 2. The molecule has 0 spiro atoms. The molecule has 0 atom stereocenters. The summed E-state index contributed by atoms with van der Waals surface area (Å²) in [6.07, 6.45) is 0. The molecule has 4 rings (SSSR count). The van der Waals surface area contributed by atoms with Crippen molar-refractivity contribution in [3.63, 3.8) is 0 Å². The number of hydrogen-bond donors (Lipinski definition) is 1. The van der Waals surface area contributed by atoms with Crippen molar-refractivity contribution >= 4 is 34.4 Å². The third-order valence-electron chi connectivity index (χ3n) is 4.85. The van der Waals surface area contributed by atoms with E-state index in [0.717, 1.165) is 5.69 Å². The van der Waals surface area contributed by atoms with Gasteiger partial charge in [-0.05, 0) is 55.5 Å². The highest BCUT2D eigenvalue weighted by atomic mass is 16.5. The molecule has 0 aliphatic rings. The molecular weight excluding hydrogens is 422 g/mol. The molecule has 166 valence electrons. The van der Waals surface area contributed by atoms with E-state index in [0.29, 0.717) is 33.8 Å². The molecule has 4 aromatic rings. The number of rotatable bonds is 5. The summed E-state index contributed by atoms with van der Waals surface area (Å²) in [6, 6.07) is 18.9. The van der Waals surface area contributed by atoms with Crippen LogP contribution in [0.5, 0.6) is 5.75 Å². The molecule has 2 aromatic carbocycles. The Labute approximate surface area is 189 Å². The molecule has 0 fully saturated rings. The van der Waals surface area contributed by atoms with Gasteiger partial charge in [0.2, 0.25) is 5.55 Å². The lowest BCUT2D eigenvalue weighted by molar-refractivity contribution is 0.0600. The zero-order chi connectivity index (χ0) is 23.4. The van der Waals surface area contributed by atoms with Gasteiger partial charge in [0.1, 0.15) is 11.4 Å². The van der Waals surface area contributed by atoms with E-state index < -0.39 is 11.9 Å². The second kappa shape index (κ2) is 9.35. The number of para-hydroxylation sites is 1. The average Bonchev–Trinajstić information content (AvgIpc) is 2.83. The van der Waals surface area contributed by atoms with Gasteiger partial charge in [0.15, 0.2) is 11.3 Å². The largest absolute Gasteiger partial charge is 0.493 e. The molecule has 33 heavy (non-hydrogen) atoms. The first kappa shape index (κ1) is 21.8. The van der Waals surface area contributed by atoms with Crippen molar-refractivity contribution in [2.45, 2.75) is 6.92 Å². The number of fused-ring (bicyclic) bond motifs is 1. The normalized spacial score (nSPS) is 11.3. The molecule has 1 amide bonds. The fourth-order valence-electron chi connectivity index (χ4n) is 3.23. The molecule has 0 aliphatic heterocycles. The predicted molar refractivity (Wildman–Crippen MR) is 123 cm³/mol. The number of aryl methyl sites for hydroxylation is 1. The Kier molecular flexibility index (Phi) is 6.17. The van der Waals surface area contributed by atoms with E-state index in [9.17, 15) is 9.59 Å². The lowest BCUT2D eigenvalue weighted by Gasteiger charge is -2.09. The van der Waals surface area contributed by atoms with Crippen molar-refractivity contribution < 1.29 is 23.5 Å². The molecule has 8 heteroatoms. The van der Waals surface area contributed by atoms with Crippen molar-refractivity contribution in [1.82, 2.24) is 4.98 Å². The van der Waals surface area contributed by atoms with Gasteiger partial charge in [-0.25, -0.2) is 14.8 Å². The number of aromatic nitrogens is 1. The van der Waals surface area contributed by atoms with Crippen LogP contribution >= 0.6 is 0 Å². The van der Waals surface area contributed by atoms with Gasteiger partial charge < -0.3 is 19.2 Å². The van der Waals surface area contributed by atoms with E-state index in [1.54, 1.807) is 42.5 Å². The second-order valence-electron chi connectivity index (χ2n) is 7.11. The summed E-state index contributed by atoms with van der Waals surface area (Å²) in [5.41, 5.74) is 2.41. The first-order chi connectivity index (χ1) is 16.0. The zero-order valence-electron chi connectivity index (χ0n) is 18.3. The van der Waals surface area contributed by atoms with Crippen molar-refractivity contribution in [2.75, 3.05) is 19.5 Å². The van der Waals surface area contributed by atoms with Crippen LogP contribution in [0.25, 0.3) is 11.0 Å². The maximum absolute atomic E-state index is 13.2. The second-order valence-corrected chi connectivity index (χ2v) is 7.11. The van der Waals surface area contributed by atoms with Crippen LogP contribution in [0, 0.1) is 6.92 Å². The van der Waals surface area contributed by atoms with E-state index >= 15 is 0 Å². The first-order valence-electron chi connectivity index (χ1n) is 10.1. The first-order valence-corrected chi connectivity index (χ1v) is 10.1. The van der Waals surface area contributed by atoms with Gasteiger partial charge in [0.05, 0.1) is 25.5 Å². The maximum atomic E-state index is 13.2. The Morgan fingerprint density at radius 3 is 2.45 bits per heavy atom. The third-order valence-corrected chi connectivity index (χ3v) is 4.85.